The zero-order valence-electron chi connectivity index (χ0n) is 17.5. The van der Waals surface area contributed by atoms with Crippen molar-refractivity contribution in [2.45, 2.75) is 56.5 Å². The summed E-state index contributed by atoms with van der Waals surface area (Å²) in [5.41, 5.74) is 0.626. The number of rotatable bonds is 5. The average Bonchev–Trinajstić information content (AvgIpc) is 3.56. The normalized spacial score (nSPS) is 28.8. The largest absolute Gasteiger partial charge is 0.389 e. The molecule has 2 saturated heterocycles. The Balaban J connectivity index is 1.38. The second-order valence-corrected chi connectivity index (χ2v) is 9.11. The Morgan fingerprint density at radius 1 is 1.13 bits per heavy atom. The number of aliphatic hydroxyl groups is 1. The van der Waals surface area contributed by atoms with Crippen LogP contribution in [0.25, 0.3) is 0 Å². The van der Waals surface area contributed by atoms with Gasteiger partial charge in [0.1, 0.15) is 6.10 Å². The highest BCUT2D eigenvalue weighted by molar-refractivity contribution is 6.30. The Bertz CT molecular complexity index is 773. The number of carbonyl (C=O) groups excluding carboxylic acids is 2. The summed E-state index contributed by atoms with van der Waals surface area (Å²) in [4.78, 5) is 26.9. The van der Waals surface area contributed by atoms with Crippen molar-refractivity contribution in [1.29, 1.82) is 0 Å². The molecule has 1 saturated carbocycles. The zero-order valence-corrected chi connectivity index (χ0v) is 18.2. The third kappa shape index (κ3) is 6.32. The Morgan fingerprint density at radius 3 is 2.65 bits per heavy atom. The number of halogens is 1. The van der Waals surface area contributed by atoms with Crippen LogP contribution in [-0.4, -0.2) is 72.6 Å². The van der Waals surface area contributed by atoms with Crippen molar-refractivity contribution in [2.75, 3.05) is 31.6 Å². The number of hydrogen-bond acceptors (Lipinski definition) is 5. The molecule has 0 aromatic heterocycles. The second kappa shape index (κ2) is 10.2. The highest BCUT2D eigenvalue weighted by Gasteiger charge is 2.40. The maximum Gasteiger partial charge on any atom is 0.322 e. The number of nitrogens with one attached hydrogen (secondary N) is 2. The first-order chi connectivity index (χ1) is 15.0. The molecule has 8 nitrogen and oxygen atoms in total. The molecule has 9 heteroatoms. The Kier molecular flexibility index (Phi) is 7.32. The van der Waals surface area contributed by atoms with E-state index in [0.29, 0.717) is 35.9 Å². The van der Waals surface area contributed by atoms with Crippen molar-refractivity contribution < 1.29 is 24.2 Å². The van der Waals surface area contributed by atoms with Gasteiger partial charge < -0.3 is 30.1 Å². The summed E-state index contributed by atoms with van der Waals surface area (Å²) in [5, 5.41) is 16.7. The summed E-state index contributed by atoms with van der Waals surface area (Å²) in [5.74, 6) is 0.647. The molecule has 3 amide bonds. The van der Waals surface area contributed by atoms with Gasteiger partial charge >= 0.3 is 6.03 Å². The molecule has 1 aromatic rings. The predicted octanol–water partition coefficient (Wildman–Crippen LogP) is 2.40. The Labute approximate surface area is 187 Å². The van der Waals surface area contributed by atoms with Crippen LogP contribution < -0.4 is 10.6 Å². The zero-order chi connectivity index (χ0) is 21.8. The standard InChI is InChI=1S/C22H30ClN3O5/c23-15-3-5-16(6-4-15)25-22(29)26-11-17(27)12-30-13-20-19(26)8-7-18(31-20)9-21(28)24-10-14-1-2-14/h3-6,14,17-20,27H,1-2,7-13H2,(H,24,28)(H,25,29)/t17-,18-,19-,20+/m1/s1. The molecule has 0 unspecified atom stereocenters. The molecule has 2 aliphatic heterocycles. The number of amides is 3. The van der Waals surface area contributed by atoms with Crippen molar-refractivity contribution in [1.82, 2.24) is 10.2 Å². The van der Waals surface area contributed by atoms with Crippen LogP contribution in [0.4, 0.5) is 10.5 Å². The topological polar surface area (TPSA) is 100 Å². The number of aliphatic hydroxyl groups excluding tert-OH is 1. The number of hydrogen-bond donors (Lipinski definition) is 3. The van der Waals surface area contributed by atoms with Gasteiger partial charge in [0.2, 0.25) is 5.91 Å². The smallest absolute Gasteiger partial charge is 0.322 e. The minimum atomic E-state index is -0.775. The predicted molar refractivity (Wildman–Crippen MR) is 116 cm³/mol. The van der Waals surface area contributed by atoms with Crippen LogP contribution in [0.5, 0.6) is 0 Å². The summed E-state index contributed by atoms with van der Waals surface area (Å²) >= 11 is 5.92. The number of benzene rings is 1. The van der Waals surface area contributed by atoms with Crippen LogP contribution in [0.15, 0.2) is 24.3 Å². The molecule has 1 aromatic carbocycles. The molecule has 31 heavy (non-hydrogen) atoms. The molecule has 4 rings (SSSR count). The van der Waals surface area contributed by atoms with Crippen molar-refractivity contribution in [3.8, 4) is 0 Å². The summed E-state index contributed by atoms with van der Waals surface area (Å²) in [7, 11) is 0. The third-order valence-electron chi connectivity index (χ3n) is 6.04. The monoisotopic (exact) mass is 451 g/mol. The van der Waals surface area contributed by atoms with E-state index in [-0.39, 0.29) is 49.9 Å². The molecule has 170 valence electrons. The van der Waals surface area contributed by atoms with Crippen molar-refractivity contribution >= 4 is 29.2 Å². The van der Waals surface area contributed by atoms with Crippen molar-refractivity contribution in [3.63, 3.8) is 0 Å². The average molecular weight is 452 g/mol. The van der Waals surface area contributed by atoms with Gasteiger partial charge in [-0.2, -0.15) is 0 Å². The molecule has 4 atom stereocenters. The molecular formula is C22H30ClN3O5. The third-order valence-corrected chi connectivity index (χ3v) is 6.29. The Morgan fingerprint density at radius 2 is 1.90 bits per heavy atom. The first kappa shape index (κ1) is 22.3. The Hall–Kier alpha value is -1.87. The van der Waals surface area contributed by atoms with Gasteiger partial charge in [-0.25, -0.2) is 4.79 Å². The van der Waals surface area contributed by atoms with Gasteiger partial charge in [0, 0.05) is 17.3 Å². The van der Waals surface area contributed by atoms with Gasteiger partial charge in [-0.1, -0.05) is 11.6 Å². The van der Waals surface area contributed by atoms with Gasteiger partial charge in [0.25, 0.3) is 0 Å². The number of fused-ring (bicyclic) bond motifs is 1. The molecule has 2 heterocycles. The van der Waals surface area contributed by atoms with E-state index in [1.807, 2.05) is 0 Å². The fourth-order valence-electron chi connectivity index (χ4n) is 4.16. The maximum absolute atomic E-state index is 13.0. The number of urea groups is 1. The molecule has 3 fully saturated rings. The lowest BCUT2D eigenvalue weighted by molar-refractivity contribution is -0.149. The van der Waals surface area contributed by atoms with Crippen LogP contribution in [0, 0.1) is 5.92 Å². The fraction of sp³-hybridized carbons (Fsp3) is 0.636. The summed E-state index contributed by atoms with van der Waals surface area (Å²) < 4.78 is 11.8. The van der Waals surface area contributed by atoms with E-state index in [4.69, 9.17) is 21.1 Å². The maximum atomic E-state index is 13.0. The molecule has 0 radical (unpaired) electrons. The highest BCUT2D eigenvalue weighted by Crippen LogP contribution is 2.29. The molecule has 1 aliphatic carbocycles. The second-order valence-electron chi connectivity index (χ2n) is 8.67. The first-order valence-corrected chi connectivity index (χ1v) is 11.4. The van der Waals surface area contributed by atoms with E-state index in [2.05, 4.69) is 10.6 Å². The molecule has 0 spiro atoms. The van der Waals surface area contributed by atoms with Crippen LogP contribution in [-0.2, 0) is 14.3 Å². The lowest BCUT2D eigenvalue weighted by atomic mass is 9.95. The van der Waals surface area contributed by atoms with E-state index in [9.17, 15) is 14.7 Å². The van der Waals surface area contributed by atoms with Crippen LogP contribution in [0.3, 0.4) is 0 Å². The van der Waals surface area contributed by atoms with Gasteiger partial charge in [-0.15, -0.1) is 0 Å². The first-order valence-electron chi connectivity index (χ1n) is 11.0. The highest BCUT2D eigenvalue weighted by atomic mass is 35.5. The van der Waals surface area contributed by atoms with Gasteiger partial charge in [0.15, 0.2) is 0 Å². The number of β-amino-alcohol motifs (C(OH)–C–C–N with tert-alkyl or cyclic N) is 1. The number of ether oxygens (including phenoxy) is 2. The summed E-state index contributed by atoms with van der Waals surface area (Å²) in [6, 6.07) is 6.33. The van der Waals surface area contributed by atoms with E-state index >= 15 is 0 Å². The lowest BCUT2D eigenvalue weighted by Gasteiger charge is -2.44. The fourth-order valence-corrected chi connectivity index (χ4v) is 4.29. The molecular weight excluding hydrogens is 422 g/mol. The molecule has 3 N–H and O–H groups in total. The van der Waals surface area contributed by atoms with E-state index < -0.39 is 6.10 Å². The quantitative estimate of drug-likeness (QED) is 0.638. The van der Waals surface area contributed by atoms with Crippen molar-refractivity contribution in [3.05, 3.63) is 29.3 Å². The van der Waals surface area contributed by atoms with Gasteiger partial charge in [0.05, 0.1) is 44.4 Å². The van der Waals surface area contributed by atoms with Crippen LogP contribution in [0.2, 0.25) is 5.02 Å². The number of carbonyl (C=O) groups is 2. The lowest BCUT2D eigenvalue weighted by Crippen LogP contribution is -2.58. The van der Waals surface area contributed by atoms with E-state index in [1.165, 1.54) is 12.8 Å². The van der Waals surface area contributed by atoms with Crippen LogP contribution in [0.1, 0.15) is 32.1 Å². The number of anilines is 1. The van der Waals surface area contributed by atoms with Crippen LogP contribution >= 0.6 is 11.6 Å². The summed E-state index contributed by atoms with van der Waals surface area (Å²) in [6.07, 6.45) is 2.72. The van der Waals surface area contributed by atoms with Gasteiger partial charge in [-0.3, -0.25) is 4.79 Å². The minimum Gasteiger partial charge on any atom is -0.389 e. The molecule has 3 aliphatic rings. The minimum absolute atomic E-state index is 0.00914. The van der Waals surface area contributed by atoms with Crippen molar-refractivity contribution in [2.24, 2.45) is 5.92 Å². The molecule has 0 bridgehead atoms. The number of nitrogens with zero attached hydrogens (tertiary/aromatic N) is 1. The van der Waals surface area contributed by atoms with E-state index in [1.54, 1.807) is 29.2 Å². The summed E-state index contributed by atoms with van der Waals surface area (Å²) in [6.45, 7) is 1.30. The SMILES string of the molecule is O=C(C[C@H]1CC[C@@H]2[C@H](COC[C@H](O)CN2C(=O)Nc2ccc(Cl)cc2)O1)NCC1CC1. The van der Waals surface area contributed by atoms with Gasteiger partial charge in [-0.05, 0) is 55.9 Å². The van der Waals surface area contributed by atoms with E-state index in [0.717, 1.165) is 6.54 Å².